The molecular weight excluding hydrogens is 365 g/mol. The van der Waals surface area contributed by atoms with E-state index in [1.807, 2.05) is 24.3 Å². The highest BCUT2D eigenvalue weighted by atomic mass is 35.5. The van der Waals surface area contributed by atoms with Crippen molar-refractivity contribution in [3.63, 3.8) is 0 Å². The van der Waals surface area contributed by atoms with Crippen LogP contribution in [0, 0.1) is 0 Å². The summed E-state index contributed by atoms with van der Waals surface area (Å²) in [6.07, 6.45) is 0. The van der Waals surface area contributed by atoms with Crippen molar-refractivity contribution in [3.8, 4) is 11.6 Å². The van der Waals surface area contributed by atoms with Gasteiger partial charge in [-0.2, -0.15) is 4.52 Å². The molecule has 0 fully saturated rings. The summed E-state index contributed by atoms with van der Waals surface area (Å²) in [6.45, 7) is 0. The van der Waals surface area contributed by atoms with Crippen molar-refractivity contribution >= 4 is 45.5 Å². The predicted octanol–water partition coefficient (Wildman–Crippen LogP) is 3.48. The molecule has 0 atom stereocenters. The highest BCUT2D eigenvalue weighted by Gasteiger charge is 2.18. The Morgan fingerprint density at radius 1 is 1.08 bits per heavy atom. The van der Waals surface area contributed by atoms with Gasteiger partial charge in [-0.1, -0.05) is 41.4 Å². The van der Waals surface area contributed by atoms with Crippen molar-refractivity contribution < 1.29 is 9.53 Å². The number of fused-ring (bicyclic) bond motifs is 3. The zero-order chi connectivity index (χ0) is 17.6. The van der Waals surface area contributed by atoms with E-state index in [-0.39, 0.29) is 11.7 Å². The number of nitrogens with zero attached hydrogens (tertiary/aromatic N) is 4. The van der Waals surface area contributed by atoms with Gasteiger partial charge in [-0.05, 0) is 24.3 Å². The Labute approximate surface area is 150 Å². The van der Waals surface area contributed by atoms with Gasteiger partial charge in [-0.3, -0.25) is 4.79 Å². The largest absolute Gasteiger partial charge is 0.435 e. The Balaban J connectivity index is 1.97. The Kier molecular flexibility index (Phi) is 3.67. The Morgan fingerprint density at radius 2 is 1.84 bits per heavy atom. The maximum Gasteiger partial charge on any atom is 0.288 e. The number of primary amides is 1. The van der Waals surface area contributed by atoms with Crippen molar-refractivity contribution in [2.24, 2.45) is 5.73 Å². The summed E-state index contributed by atoms with van der Waals surface area (Å²) in [5.74, 6) is -0.232. The van der Waals surface area contributed by atoms with Crippen molar-refractivity contribution in [2.45, 2.75) is 0 Å². The van der Waals surface area contributed by atoms with Crippen LogP contribution in [-0.2, 0) is 0 Å². The minimum atomic E-state index is -0.745. The number of hydrogen-bond acceptors (Lipinski definition) is 5. The molecule has 0 spiro atoms. The van der Waals surface area contributed by atoms with Gasteiger partial charge in [0.25, 0.3) is 5.91 Å². The van der Waals surface area contributed by atoms with Gasteiger partial charge in [0.05, 0.1) is 5.02 Å². The van der Waals surface area contributed by atoms with E-state index in [0.717, 1.165) is 0 Å². The van der Waals surface area contributed by atoms with E-state index in [1.54, 1.807) is 18.2 Å². The summed E-state index contributed by atoms with van der Waals surface area (Å²) in [4.78, 5) is 11.6. The Morgan fingerprint density at radius 3 is 2.56 bits per heavy atom. The maximum absolute atomic E-state index is 11.6. The molecule has 0 aliphatic rings. The second-order valence-corrected chi connectivity index (χ2v) is 5.99. The number of aromatic nitrogens is 4. The number of hydrogen-bond donors (Lipinski definition) is 1. The molecule has 4 aromatic rings. The van der Waals surface area contributed by atoms with E-state index >= 15 is 0 Å². The van der Waals surface area contributed by atoms with E-state index in [9.17, 15) is 4.79 Å². The molecule has 2 aromatic heterocycles. The molecule has 2 heterocycles. The number of ether oxygens (including phenoxy) is 1. The molecule has 1 amide bonds. The van der Waals surface area contributed by atoms with Crippen LogP contribution in [0.4, 0.5) is 0 Å². The number of carbonyl (C=O) groups excluding carboxylic acids is 1. The lowest BCUT2D eigenvalue weighted by atomic mass is 10.2. The molecule has 0 bridgehead atoms. The summed E-state index contributed by atoms with van der Waals surface area (Å²) in [5, 5.41) is 14.3. The number of nitrogens with two attached hydrogens (primary N) is 1. The molecule has 4 rings (SSSR count). The first-order valence-corrected chi connectivity index (χ1v) is 7.87. The Bertz CT molecular complexity index is 1140. The summed E-state index contributed by atoms with van der Waals surface area (Å²) in [5.41, 5.74) is 5.73. The molecule has 2 aromatic carbocycles. The lowest BCUT2D eigenvalue weighted by Crippen LogP contribution is -2.16. The van der Waals surface area contributed by atoms with Crippen LogP contribution in [0.2, 0.25) is 10.0 Å². The molecule has 9 heteroatoms. The highest BCUT2D eigenvalue weighted by molar-refractivity contribution is 6.35. The average Bonchev–Trinajstić information content (AvgIpc) is 3.01. The quantitative estimate of drug-likeness (QED) is 0.592. The van der Waals surface area contributed by atoms with E-state index in [0.29, 0.717) is 32.2 Å². The molecular formula is C16H9Cl2N5O2. The van der Waals surface area contributed by atoms with Crippen LogP contribution < -0.4 is 10.5 Å². The first-order valence-electron chi connectivity index (χ1n) is 7.11. The average molecular weight is 374 g/mol. The highest BCUT2D eigenvalue weighted by Crippen LogP contribution is 2.34. The molecule has 0 aliphatic heterocycles. The monoisotopic (exact) mass is 373 g/mol. The third kappa shape index (κ3) is 2.63. The summed E-state index contributed by atoms with van der Waals surface area (Å²) >= 11 is 12.1. The van der Waals surface area contributed by atoms with Crippen molar-refractivity contribution in [1.82, 2.24) is 19.8 Å². The fraction of sp³-hybridized carbons (Fsp3) is 0. The van der Waals surface area contributed by atoms with Gasteiger partial charge < -0.3 is 10.5 Å². The van der Waals surface area contributed by atoms with E-state index in [4.69, 9.17) is 33.7 Å². The van der Waals surface area contributed by atoms with Crippen LogP contribution in [0.3, 0.4) is 0 Å². The molecule has 25 heavy (non-hydrogen) atoms. The van der Waals surface area contributed by atoms with E-state index in [2.05, 4.69) is 15.3 Å². The minimum Gasteiger partial charge on any atom is -0.435 e. The molecule has 0 saturated heterocycles. The van der Waals surface area contributed by atoms with Crippen molar-refractivity contribution in [3.05, 3.63) is 58.3 Å². The molecule has 124 valence electrons. The third-order valence-corrected chi connectivity index (χ3v) is 4.08. The van der Waals surface area contributed by atoms with Gasteiger partial charge in [0.2, 0.25) is 11.7 Å². The van der Waals surface area contributed by atoms with Crippen LogP contribution in [0.15, 0.2) is 42.5 Å². The smallest absolute Gasteiger partial charge is 0.288 e. The van der Waals surface area contributed by atoms with Gasteiger partial charge >= 0.3 is 0 Å². The standard InChI is InChI=1S/C16H9Cl2N5O2/c17-8-5-6-12(11(18)7-8)25-16-10-4-2-1-3-9(10)14-20-21-15(13(19)24)23(14)22-16/h1-7H,(H2,19,24). The number of amides is 1. The topological polar surface area (TPSA) is 95.4 Å². The third-order valence-electron chi connectivity index (χ3n) is 3.55. The van der Waals surface area contributed by atoms with Gasteiger partial charge in [0.15, 0.2) is 5.65 Å². The fourth-order valence-corrected chi connectivity index (χ4v) is 2.89. The van der Waals surface area contributed by atoms with Gasteiger partial charge in [0.1, 0.15) is 5.75 Å². The second kappa shape index (κ2) is 5.87. The summed E-state index contributed by atoms with van der Waals surface area (Å²) in [6, 6.07) is 12.2. The molecule has 0 radical (unpaired) electrons. The predicted molar refractivity (Wildman–Crippen MR) is 93.3 cm³/mol. The molecule has 0 aliphatic carbocycles. The lowest BCUT2D eigenvalue weighted by molar-refractivity contribution is 0.0988. The van der Waals surface area contributed by atoms with E-state index < -0.39 is 5.91 Å². The first kappa shape index (κ1) is 15.6. The van der Waals surface area contributed by atoms with Gasteiger partial charge in [-0.25, -0.2) is 0 Å². The molecule has 0 unspecified atom stereocenters. The minimum absolute atomic E-state index is 0.0900. The molecule has 0 saturated carbocycles. The van der Waals surface area contributed by atoms with Crippen molar-refractivity contribution in [1.29, 1.82) is 0 Å². The van der Waals surface area contributed by atoms with Crippen LogP contribution in [0.5, 0.6) is 11.6 Å². The molecule has 2 N–H and O–H groups in total. The van der Waals surface area contributed by atoms with Crippen LogP contribution in [0.1, 0.15) is 10.6 Å². The van der Waals surface area contributed by atoms with Gasteiger partial charge in [-0.15, -0.1) is 15.3 Å². The number of benzene rings is 2. The van der Waals surface area contributed by atoms with E-state index in [1.165, 1.54) is 4.52 Å². The van der Waals surface area contributed by atoms with Crippen LogP contribution >= 0.6 is 23.2 Å². The number of halogens is 2. The number of carbonyl (C=O) groups is 1. The molecule has 7 nitrogen and oxygen atoms in total. The zero-order valence-electron chi connectivity index (χ0n) is 12.5. The normalized spacial score (nSPS) is 11.1. The second-order valence-electron chi connectivity index (χ2n) is 5.15. The maximum atomic E-state index is 11.6. The Hall–Kier alpha value is -2.90. The van der Waals surface area contributed by atoms with Crippen LogP contribution in [0.25, 0.3) is 16.4 Å². The zero-order valence-corrected chi connectivity index (χ0v) is 14.0. The van der Waals surface area contributed by atoms with Crippen molar-refractivity contribution in [2.75, 3.05) is 0 Å². The SMILES string of the molecule is NC(=O)c1nnc2c3ccccc3c(Oc3ccc(Cl)cc3Cl)nn12. The fourth-order valence-electron chi connectivity index (χ4n) is 2.44. The first-order chi connectivity index (χ1) is 12.0. The van der Waals surface area contributed by atoms with Crippen LogP contribution in [-0.4, -0.2) is 25.7 Å². The summed E-state index contributed by atoms with van der Waals surface area (Å²) in [7, 11) is 0. The lowest BCUT2D eigenvalue weighted by Gasteiger charge is -2.10. The number of rotatable bonds is 3. The van der Waals surface area contributed by atoms with Gasteiger partial charge in [0, 0.05) is 15.8 Å². The summed E-state index contributed by atoms with van der Waals surface area (Å²) < 4.78 is 7.11.